The van der Waals surface area contributed by atoms with Crippen molar-refractivity contribution < 1.29 is 28.7 Å². The van der Waals surface area contributed by atoms with Gasteiger partial charge < -0.3 is 14.4 Å². The summed E-state index contributed by atoms with van der Waals surface area (Å²) >= 11 is 0.794. The van der Waals surface area contributed by atoms with Crippen molar-refractivity contribution in [3.63, 3.8) is 0 Å². The molecule has 2 fully saturated rings. The molecule has 38 heavy (non-hydrogen) atoms. The number of esters is 1. The van der Waals surface area contributed by atoms with Crippen LogP contribution in [0.3, 0.4) is 0 Å². The Balaban J connectivity index is 1.31. The van der Waals surface area contributed by atoms with E-state index in [2.05, 4.69) is 0 Å². The van der Waals surface area contributed by atoms with E-state index in [0.29, 0.717) is 30.0 Å². The molecule has 0 atom stereocenters. The van der Waals surface area contributed by atoms with Gasteiger partial charge in [-0.1, -0.05) is 42.5 Å². The second-order valence-electron chi connectivity index (χ2n) is 9.04. The first-order chi connectivity index (χ1) is 18.4. The number of amides is 3. The lowest BCUT2D eigenvalue weighted by Gasteiger charge is -2.27. The van der Waals surface area contributed by atoms with Crippen molar-refractivity contribution >= 4 is 51.6 Å². The molecule has 0 aromatic heterocycles. The quantitative estimate of drug-likeness (QED) is 0.248. The number of carbonyl (C=O) groups is 4. The van der Waals surface area contributed by atoms with Crippen LogP contribution in [0.2, 0.25) is 0 Å². The Hall–Kier alpha value is -4.11. The van der Waals surface area contributed by atoms with E-state index < -0.39 is 17.1 Å². The van der Waals surface area contributed by atoms with Crippen molar-refractivity contribution in [2.75, 3.05) is 26.7 Å². The molecule has 2 aliphatic rings. The number of imide groups is 1. The molecule has 3 amide bonds. The highest BCUT2D eigenvalue weighted by Crippen LogP contribution is 2.35. The number of carbonyl (C=O) groups excluding carboxylic acids is 4. The fourth-order valence-electron chi connectivity index (χ4n) is 4.58. The van der Waals surface area contributed by atoms with Crippen LogP contribution in [-0.2, 0) is 9.59 Å². The summed E-state index contributed by atoms with van der Waals surface area (Å²) in [5.41, 5.74) is 1.02. The van der Waals surface area contributed by atoms with Gasteiger partial charge in [0.1, 0.15) is 6.54 Å². The topological polar surface area (TPSA) is 93.2 Å². The molecule has 8 nitrogen and oxygen atoms in total. The number of likely N-dealkylation sites (tertiary alicyclic amines) is 1. The van der Waals surface area contributed by atoms with E-state index in [1.165, 1.54) is 7.11 Å². The van der Waals surface area contributed by atoms with E-state index in [-0.39, 0.29) is 23.1 Å². The van der Waals surface area contributed by atoms with E-state index in [1.54, 1.807) is 41.3 Å². The van der Waals surface area contributed by atoms with Crippen molar-refractivity contribution in [2.45, 2.75) is 19.3 Å². The number of hydrogen-bond acceptors (Lipinski definition) is 7. The molecule has 0 unspecified atom stereocenters. The van der Waals surface area contributed by atoms with Crippen LogP contribution >= 0.6 is 11.8 Å². The van der Waals surface area contributed by atoms with Crippen LogP contribution in [0.4, 0.5) is 4.79 Å². The Morgan fingerprint density at radius 2 is 1.71 bits per heavy atom. The number of piperidine rings is 1. The minimum atomic E-state index is -0.521. The molecular formula is C29H26N2O6S. The minimum Gasteiger partial charge on any atom is -0.493 e. The van der Waals surface area contributed by atoms with E-state index in [9.17, 15) is 19.2 Å². The van der Waals surface area contributed by atoms with Crippen LogP contribution in [-0.4, -0.2) is 59.6 Å². The summed E-state index contributed by atoms with van der Waals surface area (Å²) in [5, 5.41) is 1.24. The largest absolute Gasteiger partial charge is 0.493 e. The van der Waals surface area contributed by atoms with Gasteiger partial charge >= 0.3 is 5.97 Å². The molecule has 5 rings (SSSR count). The zero-order valence-corrected chi connectivity index (χ0v) is 21.7. The molecule has 0 spiro atoms. The summed E-state index contributed by atoms with van der Waals surface area (Å²) in [5.74, 6) is -0.718. The summed E-state index contributed by atoms with van der Waals surface area (Å²) in [6.45, 7) is 1.05. The first-order valence-electron chi connectivity index (χ1n) is 12.4. The third-order valence-corrected chi connectivity index (χ3v) is 7.48. The third kappa shape index (κ3) is 5.28. The molecule has 0 radical (unpaired) electrons. The lowest BCUT2D eigenvalue weighted by atomic mass is 10.0. The first kappa shape index (κ1) is 25.5. The number of hydrogen-bond donors (Lipinski definition) is 0. The SMILES string of the molecule is COc1cc(/C=C2\SC(=O)N(CC(=O)N3CCCCC3)C2=O)ccc1OC(=O)c1cccc2ccccc12. The van der Waals surface area contributed by atoms with Crippen molar-refractivity contribution in [2.24, 2.45) is 0 Å². The monoisotopic (exact) mass is 530 g/mol. The molecule has 3 aromatic rings. The number of fused-ring (bicyclic) bond motifs is 1. The van der Waals surface area contributed by atoms with Crippen LogP contribution in [0, 0.1) is 0 Å². The smallest absolute Gasteiger partial charge is 0.344 e. The van der Waals surface area contributed by atoms with Crippen molar-refractivity contribution in [3.8, 4) is 11.5 Å². The lowest BCUT2D eigenvalue weighted by Crippen LogP contribution is -2.44. The molecule has 0 bridgehead atoms. The van der Waals surface area contributed by atoms with E-state index in [4.69, 9.17) is 9.47 Å². The summed E-state index contributed by atoms with van der Waals surface area (Å²) < 4.78 is 11.1. The number of ether oxygens (including phenoxy) is 2. The Labute approximate surface area is 224 Å². The van der Waals surface area contributed by atoms with Crippen LogP contribution in [0.15, 0.2) is 65.6 Å². The number of thioether (sulfide) groups is 1. The second kappa shape index (κ2) is 11.1. The van der Waals surface area contributed by atoms with E-state index >= 15 is 0 Å². The van der Waals surface area contributed by atoms with Crippen LogP contribution in [0.5, 0.6) is 11.5 Å². The maximum absolute atomic E-state index is 13.0. The summed E-state index contributed by atoms with van der Waals surface area (Å²) in [4.78, 5) is 53.9. The summed E-state index contributed by atoms with van der Waals surface area (Å²) in [6, 6.07) is 17.8. The number of nitrogens with zero attached hydrogens (tertiary/aromatic N) is 2. The van der Waals surface area contributed by atoms with E-state index in [0.717, 1.165) is 46.7 Å². The molecule has 2 heterocycles. The van der Waals surface area contributed by atoms with Gasteiger partial charge in [-0.2, -0.15) is 0 Å². The second-order valence-corrected chi connectivity index (χ2v) is 10.0. The van der Waals surface area contributed by atoms with Gasteiger partial charge in [-0.25, -0.2) is 4.79 Å². The molecule has 194 valence electrons. The molecule has 2 aliphatic heterocycles. The predicted molar refractivity (Wildman–Crippen MR) is 145 cm³/mol. The van der Waals surface area contributed by atoms with E-state index in [1.807, 2.05) is 30.3 Å². The molecule has 0 N–H and O–H groups in total. The minimum absolute atomic E-state index is 0.212. The number of benzene rings is 3. The fourth-order valence-corrected chi connectivity index (χ4v) is 5.42. The number of methoxy groups -OCH3 is 1. The summed E-state index contributed by atoms with van der Waals surface area (Å²) in [6.07, 6.45) is 4.51. The van der Waals surface area contributed by atoms with Gasteiger partial charge in [0.2, 0.25) is 5.91 Å². The highest BCUT2D eigenvalue weighted by molar-refractivity contribution is 8.18. The maximum atomic E-state index is 13.0. The first-order valence-corrected chi connectivity index (χ1v) is 13.2. The van der Waals surface area contributed by atoms with Gasteiger partial charge in [-0.3, -0.25) is 19.3 Å². The third-order valence-electron chi connectivity index (χ3n) is 6.57. The van der Waals surface area contributed by atoms with Gasteiger partial charge in [-0.15, -0.1) is 0 Å². The van der Waals surface area contributed by atoms with Gasteiger partial charge in [0.05, 0.1) is 17.6 Å². The zero-order valence-electron chi connectivity index (χ0n) is 20.8. The fraction of sp³-hybridized carbons (Fsp3) is 0.241. The number of rotatable bonds is 6. The van der Waals surface area contributed by atoms with Gasteiger partial charge in [0, 0.05) is 13.1 Å². The Morgan fingerprint density at radius 1 is 0.947 bits per heavy atom. The van der Waals surface area contributed by atoms with Gasteiger partial charge in [0.25, 0.3) is 11.1 Å². The molecule has 0 aliphatic carbocycles. The lowest BCUT2D eigenvalue weighted by molar-refractivity contribution is -0.136. The average Bonchev–Trinajstić information content (AvgIpc) is 3.21. The van der Waals surface area contributed by atoms with Crippen LogP contribution in [0.1, 0.15) is 35.2 Å². The maximum Gasteiger partial charge on any atom is 0.344 e. The van der Waals surface area contributed by atoms with Crippen LogP contribution in [0.25, 0.3) is 16.8 Å². The van der Waals surface area contributed by atoms with Gasteiger partial charge in [-0.05, 0) is 71.6 Å². The zero-order chi connectivity index (χ0) is 26.6. The van der Waals surface area contributed by atoms with Crippen molar-refractivity contribution in [3.05, 3.63) is 76.7 Å². The van der Waals surface area contributed by atoms with Crippen LogP contribution < -0.4 is 9.47 Å². The normalized spacial score (nSPS) is 16.8. The summed E-state index contributed by atoms with van der Waals surface area (Å²) in [7, 11) is 1.45. The standard InChI is InChI=1S/C29H26N2O6S/c1-36-24-16-19(12-13-23(24)37-28(34)22-11-7-9-20-8-3-4-10-21(20)22)17-25-27(33)31(29(35)38-25)18-26(32)30-14-5-2-6-15-30/h3-4,7-13,16-17H,2,5-6,14-15,18H2,1H3/b25-17-. The average molecular weight is 531 g/mol. The molecular weight excluding hydrogens is 504 g/mol. The molecule has 0 saturated carbocycles. The van der Waals surface area contributed by atoms with Gasteiger partial charge in [0.15, 0.2) is 11.5 Å². The molecule has 2 saturated heterocycles. The molecule has 3 aromatic carbocycles. The molecule has 9 heteroatoms. The Bertz CT molecular complexity index is 1460. The van der Waals surface area contributed by atoms with Crippen molar-refractivity contribution in [1.29, 1.82) is 0 Å². The highest BCUT2D eigenvalue weighted by Gasteiger charge is 2.37. The Kier molecular flexibility index (Phi) is 7.46. The highest BCUT2D eigenvalue weighted by atomic mass is 32.2. The predicted octanol–water partition coefficient (Wildman–Crippen LogP) is 5.12. The van der Waals surface area contributed by atoms with Crippen molar-refractivity contribution in [1.82, 2.24) is 9.80 Å². The Morgan fingerprint density at radius 3 is 2.50 bits per heavy atom.